The number of carbonyl (C=O) groups excluding carboxylic acids is 1. The molecule has 2 aromatic heterocycles. The quantitative estimate of drug-likeness (QED) is 0.742. The minimum absolute atomic E-state index is 0.0387. The monoisotopic (exact) mass is 437 g/mol. The summed E-state index contributed by atoms with van der Waals surface area (Å²) in [4.78, 5) is 24.8. The third-order valence-electron chi connectivity index (χ3n) is 5.47. The first-order valence-corrected chi connectivity index (χ1v) is 11.8. The van der Waals surface area contributed by atoms with E-state index in [4.69, 9.17) is 4.74 Å². The van der Waals surface area contributed by atoms with Gasteiger partial charge in [0.1, 0.15) is 9.90 Å². The van der Waals surface area contributed by atoms with Crippen molar-refractivity contribution >= 4 is 33.0 Å². The summed E-state index contributed by atoms with van der Waals surface area (Å²) in [7, 11) is -2.00. The average Bonchev–Trinajstić information content (AvgIpc) is 3.24. The van der Waals surface area contributed by atoms with Crippen LogP contribution in [0.5, 0.6) is 0 Å². The first-order chi connectivity index (χ1) is 13.9. The maximum absolute atomic E-state index is 12.9. The molecule has 0 unspecified atom stereocenters. The molecule has 0 radical (unpaired) electrons. The highest BCUT2D eigenvalue weighted by Gasteiger charge is 2.40. The van der Waals surface area contributed by atoms with Gasteiger partial charge in [-0.25, -0.2) is 8.42 Å². The number of hydrogen-bond acceptors (Lipinski definition) is 6. The number of piperidine rings is 1. The molecule has 0 aromatic carbocycles. The molecule has 4 rings (SSSR count). The van der Waals surface area contributed by atoms with Crippen LogP contribution in [0, 0.1) is 5.92 Å². The van der Waals surface area contributed by atoms with Crippen molar-refractivity contribution in [2.45, 2.75) is 29.5 Å². The number of carbonyl (C=O) groups is 1. The maximum atomic E-state index is 12.9. The van der Waals surface area contributed by atoms with Gasteiger partial charge >= 0.3 is 0 Å². The summed E-state index contributed by atoms with van der Waals surface area (Å²) in [5.41, 5.74) is 0.836. The van der Waals surface area contributed by atoms with Gasteiger partial charge < -0.3 is 14.6 Å². The Morgan fingerprint density at radius 1 is 1.28 bits per heavy atom. The van der Waals surface area contributed by atoms with Gasteiger partial charge in [0, 0.05) is 38.4 Å². The lowest BCUT2D eigenvalue weighted by Crippen LogP contribution is -2.49. The van der Waals surface area contributed by atoms with Crippen molar-refractivity contribution in [3.05, 3.63) is 45.7 Å². The highest BCUT2D eigenvalue weighted by molar-refractivity contribution is 7.91. The van der Waals surface area contributed by atoms with Gasteiger partial charge in [0.2, 0.25) is 5.91 Å². The van der Waals surface area contributed by atoms with Gasteiger partial charge in [-0.05, 0) is 35.9 Å². The summed E-state index contributed by atoms with van der Waals surface area (Å²) in [6.45, 7) is 1.49. The van der Waals surface area contributed by atoms with Crippen LogP contribution in [-0.2, 0) is 26.1 Å². The van der Waals surface area contributed by atoms with Crippen molar-refractivity contribution in [2.24, 2.45) is 5.92 Å². The van der Waals surface area contributed by atoms with Crippen molar-refractivity contribution in [2.75, 3.05) is 32.1 Å². The molecule has 1 N–H and O–H groups in total. The third-order valence-corrected chi connectivity index (χ3v) is 8.67. The molecule has 2 bridgehead atoms. The lowest BCUT2D eigenvalue weighted by molar-refractivity contribution is -0.117. The molecule has 1 fully saturated rings. The number of amides is 1. The molecule has 2 aliphatic heterocycles. The Balaban J connectivity index is 1.58. The fraction of sp³-hybridized carbons (Fsp3) is 0.474. The van der Waals surface area contributed by atoms with Gasteiger partial charge in [-0.2, -0.15) is 4.31 Å². The molecule has 4 heterocycles. The number of nitrogens with zero attached hydrogens (tertiary/aromatic N) is 2. The van der Waals surface area contributed by atoms with Crippen molar-refractivity contribution < 1.29 is 17.9 Å². The van der Waals surface area contributed by atoms with E-state index in [1.807, 2.05) is 6.07 Å². The van der Waals surface area contributed by atoms with E-state index in [1.54, 1.807) is 32.5 Å². The topological polar surface area (TPSA) is 97.7 Å². The predicted molar refractivity (Wildman–Crippen MR) is 110 cm³/mol. The summed E-state index contributed by atoms with van der Waals surface area (Å²) >= 11 is 1.22. The number of hydrogen-bond donors (Lipinski definition) is 1. The van der Waals surface area contributed by atoms with Crippen LogP contribution in [-0.4, -0.2) is 50.0 Å². The molecule has 10 heteroatoms. The number of nitrogens with one attached hydrogen (secondary N) is 1. The molecule has 2 atom stereocenters. The van der Waals surface area contributed by atoms with Gasteiger partial charge in [0.05, 0.1) is 13.0 Å². The number of sulfonamides is 1. The van der Waals surface area contributed by atoms with Gasteiger partial charge in [-0.1, -0.05) is 6.07 Å². The number of anilines is 1. The van der Waals surface area contributed by atoms with E-state index in [2.05, 4.69) is 5.32 Å². The van der Waals surface area contributed by atoms with Crippen molar-refractivity contribution in [3.8, 4) is 0 Å². The Labute approximate surface area is 173 Å². The molecule has 0 spiro atoms. The minimum Gasteiger partial charge on any atom is -0.384 e. The number of thiophene rings is 1. The predicted octanol–water partition coefficient (Wildman–Crippen LogP) is 1.69. The minimum atomic E-state index is -3.51. The number of pyridine rings is 1. The zero-order valence-corrected chi connectivity index (χ0v) is 17.7. The molecule has 29 heavy (non-hydrogen) atoms. The first-order valence-electron chi connectivity index (χ1n) is 9.46. The van der Waals surface area contributed by atoms with Crippen LogP contribution >= 0.6 is 11.3 Å². The summed E-state index contributed by atoms with van der Waals surface area (Å²) < 4.78 is 34.3. The Kier molecular flexibility index (Phi) is 5.60. The Hall–Kier alpha value is -2.01. The molecule has 1 amide bonds. The van der Waals surface area contributed by atoms with E-state index in [-0.39, 0.29) is 42.0 Å². The highest BCUT2D eigenvalue weighted by atomic mass is 32.2. The van der Waals surface area contributed by atoms with E-state index in [9.17, 15) is 18.0 Å². The first kappa shape index (κ1) is 20.3. The second-order valence-corrected chi connectivity index (χ2v) is 10.5. The van der Waals surface area contributed by atoms with E-state index >= 15 is 0 Å². The second kappa shape index (κ2) is 8.02. The zero-order chi connectivity index (χ0) is 20.6. The van der Waals surface area contributed by atoms with E-state index in [1.165, 1.54) is 18.4 Å². The van der Waals surface area contributed by atoms with Crippen LogP contribution in [0.3, 0.4) is 0 Å². The van der Waals surface area contributed by atoms with Gasteiger partial charge in [0.15, 0.2) is 0 Å². The molecule has 0 saturated carbocycles. The average molecular weight is 438 g/mol. The number of fused-ring (bicyclic) bond motifs is 4. The Morgan fingerprint density at radius 3 is 2.83 bits per heavy atom. The summed E-state index contributed by atoms with van der Waals surface area (Å²) in [6, 6.07) is 6.81. The van der Waals surface area contributed by atoms with Gasteiger partial charge in [-0.3, -0.25) is 9.59 Å². The van der Waals surface area contributed by atoms with Crippen LogP contribution in [0.25, 0.3) is 0 Å². The van der Waals surface area contributed by atoms with E-state index < -0.39 is 10.0 Å². The molecule has 2 aliphatic rings. The molecular weight excluding hydrogens is 414 g/mol. The fourth-order valence-corrected chi connectivity index (χ4v) is 6.84. The third kappa shape index (κ3) is 3.89. The molecule has 2 aromatic rings. The van der Waals surface area contributed by atoms with E-state index in [0.29, 0.717) is 23.8 Å². The van der Waals surface area contributed by atoms with Crippen LogP contribution in [0.2, 0.25) is 0 Å². The maximum Gasteiger partial charge on any atom is 0.274 e. The largest absolute Gasteiger partial charge is 0.384 e. The molecule has 8 nitrogen and oxygen atoms in total. The van der Waals surface area contributed by atoms with Crippen molar-refractivity contribution in [1.82, 2.24) is 8.87 Å². The SMILES string of the molecule is COCCC(=O)Nc1ccc2n(c1=O)C[C@@H]1C[C@@H]2CN(S(=O)(=O)c2cccs2)C1. The van der Waals surface area contributed by atoms with Crippen LogP contribution < -0.4 is 10.9 Å². The van der Waals surface area contributed by atoms with Gasteiger partial charge in [0.25, 0.3) is 15.6 Å². The Bertz CT molecular complexity index is 1060. The van der Waals surface area contributed by atoms with E-state index in [0.717, 1.165) is 12.1 Å². The number of rotatable bonds is 6. The summed E-state index contributed by atoms with van der Waals surface area (Å²) in [6.07, 6.45) is 1.04. The zero-order valence-electron chi connectivity index (χ0n) is 16.0. The fourth-order valence-electron chi connectivity index (χ4n) is 4.14. The van der Waals surface area contributed by atoms with Crippen molar-refractivity contribution in [1.29, 1.82) is 0 Å². The Morgan fingerprint density at radius 2 is 2.10 bits per heavy atom. The summed E-state index contributed by atoms with van der Waals surface area (Å²) in [5, 5.41) is 4.41. The van der Waals surface area contributed by atoms with Crippen LogP contribution in [0.15, 0.2) is 38.6 Å². The van der Waals surface area contributed by atoms with Crippen molar-refractivity contribution in [3.63, 3.8) is 0 Å². The van der Waals surface area contributed by atoms with Gasteiger partial charge in [-0.15, -0.1) is 11.3 Å². The second-order valence-electron chi connectivity index (χ2n) is 7.43. The molecule has 1 saturated heterocycles. The molecular formula is C19H23N3O5S2. The number of methoxy groups -OCH3 is 1. The number of aromatic nitrogens is 1. The highest BCUT2D eigenvalue weighted by Crippen LogP contribution is 2.38. The lowest BCUT2D eigenvalue weighted by Gasteiger charge is -2.42. The lowest BCUT2D eigenvalue weighted by atomic mass is 9.84. The van der Waals surface area contributed by atoms with Crippen LogP contribution in [0.1, 0.15) is 24.5 Å². The smallest absolute Gasteiger partial charge is 0.274 e. The number of ether oxygens (including phenoxy) is 1. The summed E-state index contributed by atoms with van der Waals surface area (Å²) in [5.74, 6) is -0.245. The molecule has 0 aliphatic carbocycles. The normalized spacial score (nSPS) is 21.6. The standard InChI is InChI=1S/C19H23N3O5S2/c1-27-7-6-17(23)20-15-4-5-16-14-9-13(11-22(16)19(15)24)10-21(12-14)29(25,26)18-3-2-8-28-18/h2-5,8,13-14H,6-7,9-12H2,1H3,(H,20,23)/t13-,14-/m1/s1. The van der Waals surface area contributed by atoms with Crippen LogP contribution in [0.4, 0.5) is 5.69 Å². The molecule has 156 valence electrons.